The second-order valence-electron chi connectivity index (χ2n) is 5.70. The summed E-state index contributed by atoms with van der Waals surface area (Å²) in [7, 11) is 0. The maximum absolute atomic E-state index is 13.2. The van der Waals surface area contributed by atoms with E-state index >= 15 is 0 Å². The number of hydrogen-bond donors (Lipinski definition) is 2. The van der Waals surface area contributed by atoms with E-state index in [2.05, 4.69) is 5.32 Å². The number of amides is 1. The van der Waals surface area contributed by atoms with E-state index in [1.54, 1.807) is 0 Å². The van der Waals surface area contributed by atoms with Gasteiger partial charge in [0.25, 0.3) is 5.91 Å². The number of hydrogen-bond acceptors (Lipinski definition) is 2. The first-order chi connectivity index (χ1) is 10.3. The molecule has 3 N–H and O–H groups in total. The molecule has 0 spiro atoms. The molecule has 1 amide bonds. The van der Waals surface area contributed by atoms with Crippen LogP contribution in [0.1, 0.15) is 41.6 Å². The van der Waals surface area contributed by atoms with Gasteiger partial charge in [0.1, 0.15) is 5.82 Å². The number of carbonyl (C=O) groups is 1. The minimum absolute atomic E-state index is 0. The Hall–Kier alpha value is -1.34. The molecule has 0 aliphatic heterocycles. The Labute approximate surface area is 138 Å². The van der Waals surface area contributed by atoms with Gasteiger partial charge in [0.15, 0.2) is 0 Å². The van der Waals surface area contributed by atoms with Gasteiger partial charge in [-0.15, -0.1) is 12.4 Å². The van der Waals surface area contributed by atoms with Gasteiger partial charge in [0.2, 0.25) is 0 Å². The van der Waals surface area contributed by atoms with E-state index in [9.17, 15) is 22.4 Å². The number of benzene rings is 1. The fourth-order valence-electron chi connectivity index (χ4n) is 2.74. The summed E-state index contributed by atoms with van der Waals surface area (Å²) >= 11 is 0. The van der Waals surface area contributed by atoms with Gasteiger partial charge in [-0.2, -0.15) is 13.2 Å². The topological polar surface area (TPSA) is 55.1 Å². The Morgan fingerprint density at radius 2 is 2.00 bits per heavy atom. The highest BCUT2D eigenvalue weighted by atomic mass is 35.5. The minimum Gasteiger partial charge on any atom is -0.352 e. The SMILES string of the molecule is Cl.NC1CCCC(CNC(=O)c2ccc(F)c(C(F)(F)F)c2)C1. The molecule has 0 aromatic heterocycles. The van der Waals surface area contributed by atoms with Gasteiger partial charge < -0.3 is 11.1 Å². The van der Waals surface area contributed by atoms with Crippen LogP contribution in [0.5, 0.6) is 0 Å². The van der Waals surface area contributed by atoms with Crippen LogP contribution >= 0.6 is 12.4 Å². The second kappa shape index (κ2) is 7.97. The van der Waals surface area contributed by atoms with Crippen LogP contribution in [0.25, 0.3) is 0 Å². The predicted octanol–water partition coefficient (Wildman–Crippen LogP) is 3.51. The average Bonchev–Trinajstić information content (AvgIpc) is 2.44. The number of rotatable bonds is 3. The van der Waals surface area contributed by atoms with Crippen molar-refractivity contribution in [2.75, 3.05) is 6.54 Å². The molecule has 2 rings (SSSR count). The van der Waals surface area contributed by atoms with Gasteiger partial charge in [-0.1, -0.05) is 6.42 Å². The molecular weight excluding hydrogens is 336 g/mol. The maximum Gasteiger partial charge on any atom is 0.419 e. The summed E-state index contributed by atoms with van der Waals surface area (Å²) in [5, 5.41) is 2.60. The fraction of sp³-hybridized carbons (Fsp3) is 0.533. The molecule has 0 radical (unpaired) electrons. The highest BCUT2D eigenvalue weighted by molar-refractivity contribution is 5.94. The third kappa shape index (κ3) is 5.35. The van der Waals surface area contributed by atoms with Gasteiger partial charge in [0, 0.05) is 18.2 Å². The summed E-state index contributed by atoms with van der Waals surface area (Å²) in [5.74, 6) is -1.79. The Morgan fingerprint density at radius 3 is 2.61 bits per heavy atom. The van der Waals surface area contributed by atoms with E-state index in [4.69, 9.17) is 5.73 Å². The summed E-state index contributed by atoms with van der Waals surface area (Å²) in [4.78, 5) is 11.9. The van der Waals surface area contributed by atoms with Gasteiger partial charge in [0.05, 0.1) is 5.56 Å². The van der Waals surface area contributed by atoms with Crippen molar-refractivity contribution in [1.29, 1.82) is 0 Å². The monoisotopic (exact) mass is 354 g/mol. The predicted molar refractivity (Wildman–Crippen MR) is 80.9 cm³/mol. The van der Waals surface area contributed by atoms with Crippen LogP contribution in [0, 0.1) is 11.7 Å². The zero-order valence-electron chi connectivity index (χ0n) is 12.3. The van der Waals surface area contributed by atoms with Crippen molar-refractivity contribution >= 4 is 18.3 Å². The first-order valence-electron chi connectivity index (χ1n) is 7.18. The molecule has 0 saturated heterocycles. The average molecular weight is 355 g/mol. The third-order valence-electron chi connectivity index (χ3n) is 3.91. The van der Waals surface area contributed by atoms with Crippen molar-refractivity contribution in [2.24, 2.45) is 11.7 Å². The molecule has 2 atom stereocenters. The number of carbonyl (C=O) groups excluding carboxylic acids is 1. The Morgan fingerprint density at radius 1 is 1.30 bits per heavy atom. The summed E-state index contributed by atoms with van der Waals surface area (Å²) in [6.45, 7) is 0.366. The van der Waals surface area contributed by atoms with Crippen LogP contribution in [0.3, 0.4) is 0 Å². The molecule has 1 aromatic rings. The van der Waals surface area contributed by atoms with Crippen LogP contribution in [0.2, 0.25) is 0 Å². The molecule has 0 bridgehead atoms. The first-order valence-corrected chi connectivity index (χ1v) is 7.18. The minimum atomic E-state index is -4.82. The molecule has 8 heteroatoms. The van der Waals surface area contributed by atoms with Crippen molar-refractivity contribution in [2.45, 2.75) is 37.9 Å². The van der Waals surface area contributed by atoms with Crippen molar-refractivity contribution in [3.8, 4) is 0 Å². The zero-order valence-corrected chi connectivity index (χ0v) is 13.1. The molecule has 1 fully saturated rings. The molecule has 1 aromatic carbocycles. The Balaban J connectivity index is 0.00000264. The lowest BCUT2D eigenvalue weighted by molar-refractivity contribution is -0.140. The van der Waals surface area contributed by atoms with Crippen molar-refractivity contribution < 1.29 is 22.4 Å². The van der Waals surface area contributed by atoms with E-state index in [0.29, 0.717) is 18.7 Å². The summed E-state index contributed by atoms with van der Waals surface area (Å²) < 4.78 is 51.1. The highest BCUT2D eigenvalue weighted by Crippen LogP contribution is 2.32. The van der Waals surface area contributed by atoms with Crippen LogP contribution in [0.15, 0.2) is 18.2 Å². The molecule has 1 aliphatic carbocycles. The standard InChI is InChI=1S/C15H18F4N2O.ClH/c16-13-5-4-10(7-12(13)15(17,18)19)14(22)21-8-9-2-1-3-11(20)6-9;/h4-5,7,9,11H,1-3,6,8,20H2,(H,21,22);1H. The van der Waals surface area contributed by atoms with E-state index in [1.165, 1.54) is 0 Å². The van der Waals surface area contributed by atoms with E-state index < -0.39 is 23.5 Å². The maximum atomic E-state index is 13.2. The third-order valence-corrected chi connectivity index (χ3v) is 3.91. The van der Waals surface area contributed by atoms with Crippen LogP contribution in [-0.2, 0) is 6.18 Å². The highest BCUT2D eigenvalue weighted by Gasteiger charge is 2.34. The largest absolute Gasteiger partial charge is 0.419 e. The number of nitrogens with two attached hydrogens (primary N) is 1. The fourth-order valence-corrected chi connectivity index (χ4v) is 2.74. The van der Waals surface area contributed by atoms with Crippen molar-refractivity contribution in [3.63, 3.8) is 0 Å². The molecule has 23 heavy (non-hydrogen) atoms. The lowest BCUT2D eigenvalue weighted by Crippen LogP contribution is -2.35. The van der Waals surface area contributed by atoms with Gasteiger partial charge in [-0.3, -0.25) is 4.79 Å². The van der Waals surface area contributed by atoms with Gasteiger partial charge >= 0.3 is 6.18 Å². The van der Waals surface area contributed by atoms with Crippen LogP contribution < -0.4 is 11.1 Å². The molecule has 3 nitrogen and oxygen atoms in total. The van der Waals surface area contributed by atoms with Gasteiger partial charge in [-0.05, 0) is 43.4 Å². The summed E-state index contributed by atoms with van der Waals surface area (Å²) in [5.41, 5.74) is 4.22. The summed E-state index contributed by atoms with van der Waals surface area (Å²) in [6.07, 6.45) is -1.16. The second-order valence-corrected chi connectivity index (χ2v) is 5.70. The number of alkyl halides is 3. The van der Waals surface area contributed by atoms with Crippen molar-refractivity contribution in [3.05, 3.63) is 35.1 Å². The molecular formula is C15H19ClF4N2O. The zero-order chi connectivity index (χ0) is 16.3. The van der Waals surface area contributed by atoms with E-state index in [-0.39, 0.29) is 29.9 Å². The lowest BCUT2D eigenvalue weighted by Gasteiger charge is -2.26. The first kappa shape index (κ1) is 19.7. The molecule has 130 valence electrons. The van der Waals surface area contributed by atoms with E-state index in [0.717, 1.165) is 31.7 Å². The molecule has 1 aliphatic rings. The van der Waals surface area contributed by atoms with Crippen LogP contribution in [0.4, 0.5) is 17.6 Å². The van der Waals surface area contributed by atoms with Crippen LogP contribution in [-0.4, -0.2) is 18.5 Å². The van der Waals surface area contributed by atoms with Gasteiger partial charge in [-0.25, -0.2) is 4.39 Å². The van der Waals surface area contributed by atoms with Crippen molar-refractivity contribution in [1.82, 2.24) is 5.32 Å². The number of halogens is 5. The molecule has 0 heterocycles. The molecule has 1 saturated carbocycles. The number of nitrogens with one attached hydrogen (secondary N) is 1. The normalized spacial score (nSPS) is 21.4. The lowest BCUT2D eigenvalue weighted by atomic mass is 9.86. The van der Waals surface area contributed by atoms with E-state index in [1.807, 2.05) is 0 Å². The Bertz CT molecular complexity index is 551. The quantitative estimate of drug-likeness (QED) is 0.816. The smallest absolute Gasteiger partial charge is 0.352 e. The molecule has 2 unspecified atom stereocenters. The Kier molecular flexibility index (Phi) is 6.83. The summed E-state index contributed by atoms with van der Waals surface area (Å²) in [6, 6.07) is 2.36.